The van der Waals surface area contributed by atoms with Crippen molar-refractivity contribution >= 4 is 5.82 Å². The molecule has 0 spiro atoms. The van der Waals surface area contributed by atoms with Crippen molar-refractivity contribution in [3.63, 3.8) is 0 Å². The van der Waals surface area contributed by atoms with E-state index in [9.17, 15) is 5.26 Å². The molecule has 2 aromatic rings. The molecule has 1 aliphatic rings. The lowest BCUT2D eigenvalue weighted by Crippen LogP contribution is -2.18. The molecule has 4 nitrogen and oxygen atoms in total. The smallest absolute Gasteiger partial charge is 0.144 e. The maximum Gasteiger partial charge on any atom is 0.144 e. The maximum absolute atomic E-state index is 9.74. The molecule has 130 valence electrons. The van der Waals surface area contributed by atoms with Crippen LogP contribution in [0, 0.1) is 11.3 Å². The fourth-order valence-electron chi connectivity index (χ4n) is 3.51. The van der Waals surface area contributed by atoms with E-state index in [0.29, 0.717) is 0 Å². The summed E-state index contributed by atoms with van der Waals surface area (Å²) in [4.78, 5) is 7.07. The third-order valence-corrected chi connectivity index (χ3v) is 4.75. The van der Waals surface area contributed by atoms with Gasteiger partial charge in [0.2, 0.25) is 0 Å². The molecule has 4 heteroatoms. The molecule has 0 saturated carbocycles. The van der Waals surface area contributed by atoms with E-state index in [4.69, 9.17) is 4.98 Å². The molecule has 0 radical (unpaired) electrons. The van der Waals surface area contributed by atoms with Gasteiger partial charge in [0, 0.05) is 12.1 Å². The van der Waals surface area contributed by atoms with Gasteiger partial charge in [0.25, 0.3) is 0 Å². The van der Waals surface area contributed by atoms with Gasteiger partial charge >= 0.3 is 0 Å². The van der Waals surface area contributed by atoms with Crippen molar-refractivity contribution in [2.45, 2.75) is 32.1 Å². The zero-order valence-corrected chi connectivity index (χ0v) is 15.2. The molecule has 0 unspecified atom stereocenters. The van der Waals surface area contributed by atoms with Gasteiger partial charge in [-0.3, -0.25) is 0 Å². The molecule has 25 heavy (non-hydrogen) atoms. The average Bonchev–Trinajstić information content (AvgIpc) is 2.65. The second-order valence-electron chi connectivity index (χ2n) is 6.91. The first-order valence-corrected chi connectivity index (χ1v) is 9.10. The summed E-state index contributed by atoms with van der Waals surface area (Å²) < 4.78 is 0. The largest absolute Gasteiger partial charge is 0.369 e. The number of nitrogens with one attached hydrogen (secondary N) is 1. The molecular formula is C21H26N4. The highest BCUT2D eigenvalue weighted by Gasteiger charge is 2.22. The molecule has 0 aliphatic heterocycles. The molecule has 1 N–H and O–H groups in total. The average molecular weight is 334 g/mol. The van der Waals surface area contributed by atoms with Gasteiger partial charge in [0.05, 0.1) is 11.3 Å². The SMILES string of the molecule is CN(C)CCCNc1nc(-c2ccccc2)c2c(c1C#N)CCCC2. The second-order valence-corrected chi connectivity index (χ2v) is 6.91. The lowest BCUT2D eigenvalue weighted by molar-refractivity contribution is 0.405. The summed E-state index contributed by atoms with van der Waals surface area (Å²) in [5.74, 6) is 0.751. The summed E-state index contributed by atoms with van der Waals surface area (Å²) in [5, 5.41) is 13.2. The van der Waals surface area contributed by atoms with E-state index in [0.717, 1.165) is 61.4 Å². The number of anilines is 1. The van der Waals surface area contributed by atoms with Crippen LogP contribution in [-0.2, 0) is 12.8 Å². The third kappa shape index (κ3) is 4.00. The number of aromatic nitrogens is 1. The minimum Gasteiger partial charge on any atom is -0.369 e. The first kappa shape index (κ1) is 17.4. The van der Waals surface area contributed by atoms with Crippen molar-refractivity contribution < 1.29 is 0 Å². The zero-order valence-electron chi connectivity index (χ0n) is 15.2. The van der Waals surface area contributed by atoms with Crippen molar-refractivity contribution in [2.24, 2.45) is 0 Å². The monoisotopic (exact) mass is 334 g/mol. The van der Waals surface area contributed by atoms with Crippen molar-refractivity contribution in [3.05, 3.63) is 47.0 Å². The first-order chi connectivity index (χ1) is 12.2. The van der Waals surface area contributed by atoms with E-state index in [1.54, 1.807) is 0 Å². The molecule has 0 atom stereocenters. The molecule has 0 saturated heterocycles. The molecule has 0 amide bonds. The minimum absolute atomic E-state index is 0.749. The Morgan fingerprint density at radius 3 is 2.52 bits per heavy atom. The van der Waals surface area contributed by atoms with Crippen LogP contribution in [0.4, 0.5) is 5.82 Å². The Morgan fingerprint density at radius 1 is 1.12 bits per heavy atom. The Labute approximate surface area is 150 Å². The fraction of sp³-hybridized carbons (Fsp3) is 0.429. The van der Waals surface area contributed by atoms with Gasteiger partial charge in [-0.05, 0) is 63.9 Å². The van der Waals surface area contributed by atoms with Crippen molar-refractivity contribution in [2.75, 3.05) is 32.5 Å². The van der Waals surface area contributed by atoms with Crippen LogP contribution < -0.4 is 5.32 Å². The van der Waals surface area contributed by atoms with Gasteiger partial charge in [-0.2, -0.15) is 5.26 Å². The van der Waals surface area contributed by atoms with Crippen LogP contribution in [-0.4, -0.2) is 37.1 Å². The predicted octanol–water partition coefficient (Wildman–Crippen LogP) is 3.86. The van der Waals surface area contributed by atoms with Crippen LogP contribution in [0.5, 0.6) is 0 Å². The van der Waals surface area contributed by atoms with E-state index in [1.165, 1.54) is 17.5 Å². The van der Waals surface area contributed by atoms with Crippen LogP contribution >= 0.6 is 0 Å². The summed E-state index contributed by atoms with van der Waals surface area (Å²) in [6.07, 6.45) is 5.35. The Kier molecular flexibility index (Phi) is 5.67. The van der Waals surface area contributed by atoms with E-state index in [2.05, 4.69) is 54.6 Å². The molecule has 1 heterocycles. The van der Waals surface area contributed by atoms with E-state index >= 15 is 0 Å². The number of benzene rings is 1. The van der Waals surface area contributed by atoms with E-state index in [-0.39, 0.29) is 0 Å². The van der Waals surface area contributed by atoms with Gasteiger partial charge in [0.15, 0.2) is 0 Å². The van der Waals surface area contributed by atoms with Crippen molar-refractivity contribution in [3.8, 4) is 17.3 Å². The number of hydrogen-bond acceptors (Lipinski definition) is 4. The third-order valence-electron chi connectivity index (χ3n) is 4.75. The summed E-state index contributed by atoms with van der Waals surface area (Å²) in [6, 6.07) is 12.8. The van der Waals surface area contributed by atoms with Gasteiger partial charge in [-0.15, -0.1) is 0 Å². The Bertz CT molecular complexity index is 760. The molecular weight excluding hydrogens is 308 g/mol. The summed E-state index contributed by atoms with van der Waals surface area (Å²) >= 11 is 0. The van der Waals surface area contributed by atoms with Crippen LogP contribution in [0.25, 0.3) is 11.3 Å². The molecule has 0 bridgehead atoms. The highest BCUT2D eigenvalue weighted by atomic mass is 15.1. The van der Waals surface area contributed by atoms with Gasteiger partial charge in [-0.25, -0.2) is 4.98 Å². The Morgan fingerprint density at radius 2 is 1.84 bits per heavy atom. The number of nitrogens with zero attached hydrogens (tertiary/aromatic N) is 3. The molecule has 1 aliphatic carbocycles. The predicted molar refractivity (Wildman–Crippen MR) is 103 cm³/mol. The zero-order chi connectivity index (χ0) is 17.6. The van der Waals surface area contributed by atoms with E-state index < -0.39 is 0 Å². The van der Waals surface area contributed by atoms with Crippen molar-refractivity contribution in [1.29, 1.82) is 5.26 Å². The molecule has 1 aromatic carbocycles. The van der Waals surface area contributed by atoms with Crippen molar-refractivity contribution in [1.82, 2.24) is 9.88 Å². The van der Waals surface area contributed by atoms with Crippen LogP contribution in [0.3, 0.4) is 0 Å². The van der Waals surface area contributed by atoms with Gasteiger partial charge in [0.1, 0.15) is 11.9 Å². The molecule has 1 aromatic heterocycles. The standard InChI is InChI=1S/C21H26N4/c1-25(2)14-8-13-23-21-19(15-22)17-11-6-7-12-18(17)20(24-21)16-9-4-3-5-10-16/h3-5,9-10H,6-8,11-14H2,1-2H3,(H,23,24). The Balaban J connectivity index is 1.98. The second kappa shape index (κ2) is 8.13. The number of pyridine rings is 1. The van der Waals surface area contributed by atoms with Crippen LogP contribution in [0.2, 0.25) is 0 Å². The van der Waals surface area contributed by atoms with Gasteiger partial charge < -0.3 is 10.2 Å². The normalized spacial score (nSPS) is 13.4. The highest BCUT2D eigenvalue weighted by molar-refractivity contribution is 5.72. The summed E-state index contributed by atoms with van der Waals surface area (Å²) in [6.45, 7) is 1.85. The Hall–Kier alpha value is -2.38. The fourth-order valence-corrected chi connectivity index (χ4v) is 3.51. The first-order valence-electron chi connectivity index (χ1n) is 9.10. The summed E-state index contributed by atoms with van der Waals surface area (Å²) in [5.41, 5.74) is 5.41. The highest BCUT2D eigenvalue weighted by Crippen LogP contribution is 2.35. The minimum atomic E-state index is 0.749. The molecule has 3 rings (SSSR count). The number of fused-ring (bicyclic) bond motifs is 1. The maximum atomic E-state index is 9.74. The summed E-state index contributed by atoms with van der Waals surface area (Å²) in [7, 11) is 4.15. The number of hydrogen-bond donors (Lipinski definition) is 1. The number of rotatable bonds is 6. The quantitative estimate of drug-likeness (QED) is 0.815. The lowest BCUT2D eigenvalue weighted by Gasteiger charge is -2.23. The number of nitriles is 1. The van der Waals surface area contributed by atoms with Gasteiger partial charge in [-0.1, -0.05) is 30.3 Å². The topological polar surface area (TPSA) is 52.0 Å². The lowest BCUT2D eigenvalue weighted by atomic mass is 9.86. The van der Waals surface area contributed by atoms with Crippen LogP contribution in [0.1, 0.15) is 36.0 Å². The molecule has 0 fully saturated rings. The van der Waals surface area contributed by atoms with E-state index in [1.807, 2.05) is 6.07 Å². The van der Waals surface area contributed by atoms with Crippen LogP contribution in [0.15, 0.2) is 30.3 Å².